The molecule has 5 rings (SSSR count). The Labute approximate surface area is 177 Å². The lowest BCUT2D eigenvalue weighted by atomic mass is 10.1. The maximum Gasteiger partial charge on any atom is 0.256 e. The van der Waals surface area contributed by atoms with Crippen LogP contribution in [0, 0.1) is 0 Å². The molecule has 1 aliphatic rings. The van der Waals surface area contributed by atoms with Crippen molar-refractivity contribution in [3.63, 3.8) is 0 Å². The van der Waals surface area contributed by atoms with Crippen LogP contribution in [0.25, 0.3) is 27.9 Å². The number of anilines is 1. The zero-order chi connectivity index (χ0) is 21.5. The van der Waals surface area contributed by atoms with Gasteiger partial charge in [-0.2, -0.15) is 9.61 Å². The van der Waals surface area contributed by atoms with Crippen LogP contribution in [0.3, 0.4) is 0 Å². The molecule has 1 amide bonds. The summed E-state index contributed by atoms with van der Waals surface area (Å²) < 4.78 is 23.4. The first-order valence-electron chi connectivity index (χ1n) is 10.1. The number of halogens is 1. The van der Waals surface area contributed by atoms with Crippen molar-refractivity contribution in [2.75, 3.05) is 32.6 Å². The number of carbonyl (C=O) groups is 1. The molecule has 160 valence electrons. The van der Waals surface area contributed by atoms with Crippen LogP contribution in [0.1, 0.15) is 22.8 Å². The van der Waals surface area contributed by atoms with Gasteiger partial charge in [-0.1, -0.05) is 0 Å². The van der Waals surface area contributed by atoms with Crippen LogP contribution in [0.4, 0.5) is 10.2 Å². The molecule has 4 aromatic rings. The van der Waals surface area contributed by atoms with E-state index in [1.165, 1.54) is 6.20 Å². The van der Waals surface area contributed by atoms with Crippen LogP contribution in [-0.4, -0.2) is 63.5 Å². The highest BCUT2D eigenvalue weighted by Gasteiger charge is 2.29. The summed E-state index contributed by atoms with van der Waals surface area (Å²) in [6, 6.07) is 5.29. The number of amides is 1. The van der Waals surface area contributed by atoms with Gasteiger partial charge in [0.15, 0.2) is 5.65 Å². The molecule has 0 saturated carbocycles. The molecule has 0 radical (unpaired) electrons. The molecule has 1 fully saturated rings. The van der Waals surface area contributed by atoms with E-state index in [4.69, 9.17) is 9.72 Å². The molecule has 0 aromatic carbocycles. The van der Waals surface area contributed by atoms with Gasteiger partial charge in [-0.3, -0.25) is 4.79 Å². The molecule has 4 aromatic heterocycles. The van der Waals surface area contributed by atoms with E-state index >= 15 is 0 Å². The maximum atomic E-state index is 14.7. The van der Waals surface area contributed by atoms with Crippen LogP contribution < -0.4 is 10.6 Å². The second-order valence-corrected chi connectivity index (χ2v) is 7.42. The van der Waals surface area contributed by atoms with Gasteiger partial charge >= 0.3 is 0 Å². The third-order valence-electron chi connectivity index (χ3n) is 5.68. The fraction of sp³-hybridized carbons (Fsp3) is 0.333. The number of hydrogen-bond donors (Lipinski definition) is 2. The van der Waals surface area contributed by atoms with Crippen LogP contribution in [0.5, 0.6) is 0 Å². The molecule has 2 N–H and O–H groups in total. The van der Waals surface area contributed by atoms with E-state index in [9.17, 15) is 9.18 Å². The molecular formula is C21H22FN7O2. The summed E-state index contributed by atoms with van der Waals surface area (Å²) in [7, 11) is 3.34. The van der Waals surface area contributed by atoms with Crippen molar-refractivity contribution < 1.29 is 13.9 Å². The number of fused-ring (bicyclic) bond motifs is 2. The van der Waals surface area contributed by atoms with Crippen molar-refractivity contribution in [3.8, 4) is 11.3 Å². The Hall–Kier alpha value is -3.53. The number of alkyl halides is 1. The smallest absolute Gasteiger partial charge is 0.256 e. The van der Waals surface area contributed by atoms with Crippen LogP contribution in [0.15, 0.2) is 36.8 Å². The number of nitrogens with zero attached hydrogens (tertiary/aromatic N) is 5. The average Bonchev–Trinajstić information content (AvgIpc) is 3.40. The van der Waals surface area contributed by atoms with Crippen molar-refractivity contribution in [2.24, 2.45) is 0 Å². The predicted molar refractivity (Wildman–Crippen MR) is 114 cm³/mol. The molecule has 10 heteroatoms. The van der Waals surface area contributed by atoms with Gasteiger partial charge in [-0.25, -0.2) is 14.4 Å². The Kier molecular flexibility index (Phi) is 4.78. The highest BCUT2D eigenvalue weighted by atomic mass is 19.1. The van der Waals surface area contributed by atoms with Gasteiger partial charge in [0.1, 0.15) is 23.2 Å². The van der Waals surface area contributed by atoms with Crippen molar-refractivity contribution in [2.45, 2.75) is 18.6 Å². The first kappa shape index (κ1) is 19.4. The highest BCUT2D eigenvalue weighted by molar-refractivity contribution is 6.00. The summed E-state index contributed by atoms with van der Waals surface area (Å²) in [6.45, 7) is 0.582. The summed E-state index contributed by atoms with van der Waals surface area (Å²) in [6.07, 6.45) is 4.54. The summed E-state index contributed by atoms with van der Waals surface area (Å²) in [5, 5.41) is 10.9. The zero-order valence-corrected chi connectivity index (χ0v) is 17.2. The third kappa shape index (κ3) is 3.10. The first-order chi connectivity index (χ1) is 15.1. The van der Waals surface area contributed by atoms with E-state index in [-0.39, 0.29) is 18.6 Å². The van der Waals surface area contributed by atoms with Crippen molar-refractivity contribution in [3.05, 3.63) is 42.4 Å². The second kappa shape index (κ2) is 7.62. The summed E-state index contributed by atoms with van der Waals surface area (Å²) >= 11 is 0. The Morgan fingerprint density at radius 1 is 1.32 bits per heavy atom. The lowest BCUT2D eigenvalue weighted by Crippen LogP contribution is -2.31. The Bertz CT molecular complexity index is 1280. The minimum atomic E-state index is -1.11. The van der Waals surface area contributed by atoms with Crippen LogP contribution in [-0.2, 0) is 4.74 Å². The minimum Gasteiger partial charge on any atom is -0.378 e. The largest absolute Gasteiger partial charge is 0.378 e. The molecule has 9 nitrogen and oxygen atoms in total. The van der Waals surface area contributed by atoms with Gasteiger partial charge in [0.05, 0.1) is 24.5 Å². The van der Waals surface area contributed by atoms with E-state index in [0.29, 0.717) is 41.4 Å². The van der Waals surface area contributed by atoms with Gasteiger partial charge in [-0.15, -0.1) is 0 Å². The number of aromatic nitrogens is 5. The number of rotatable bonds is 4. The number of hydrogen-bond acceptors (Lipinski definition) is 6. The summed E-state index contributed by atoms with van der Waals surface area (Å²) in [4.78, 5) is 21.6. The Morgan fingerprint density at radius 3 is 2.97 bits per heavy atom. The van der Waals surface area contributed by atoms with Gasteiger partial charge in [0.25, 0.3) is 5.91 Å². The van der Waals surface area contributed by atoms with Crippen LogP contribution in [0.2, 0.25) is 0 Å². The molecule has 5 heterocycles. The van der Waals surface area contributed by atoms with E-state index < -0.39 is 6.17 Å². The Morgan fingerprint density at radius 2 is 2.19 bits per heavy atom. The van der Waals surface area contributed by atoms with Crippen molar-refractivity contribution >= 4 is 28.4 Å². The van der Waals surface area contributed by atoms with E-state index in [1.54, 1.807) is 24.8 Å². The number of nitrogens with one attached hydrogen (secondary N) is 2. The predicted octanol–water partition coefficient (Wildman–Crippen LogP) is 2.45. The van der Waals surface area contributed by atoms with Gasteiger partial charge in [0.2, 0.25) is 0 Å². The zero-order valence-electron chi connectivity index (χ0n) is 17.2. The molecule has 2 atom stereocenters. The normalized spacial score (nSPS) is 19.1. The number of carbonyl (C=O) groups excluding carboxylic acids is 1. The van der Waals surface area contributed by atoms with Crippen molar-refractivity contribution in [1.82, 2.24) is 29.5 Å². The summed E-state index contributed by atoms with van der Waals surface area (Å²) in [5.41, 5.74) is 2.95. The van der Waals surface area contributed by atoms with E-state index in [1.807, 2.05) is 29.0 Å². The molecule has 0 aliphatic carbocycles. The Balaban J connectivity index is 1.73. The molecule has 1 aliphatic heterocycles. The number of pyridine rings is 1. The van der Waals surface area contributed by atoms with Crippen molar-refractivity contribution in [1.29, 1.82) is 0 Å². The number of ether oxygens (including phenoxy) is 1. The minimum absolute atomic E-state index is 0.0753. The SMILES string of the molecule is CNC(=O)c1cnn2c(NC)cc(-c3cn(C4CCOCC4F)c4ncccc34)nc12. The standard InChI is InChI=1S/C21H22FN7O2/c1-23-18-8-16(27-20-13(21(30)24-2)9-26-29(18)20)14-10-28(17-5-7-31-11-15(17)22)19-12(14)4-3-6-25-19/h3-4,6,8-10,15,17,23H,5,7,11H2,1-2H3,(H,24,30). The van der Waals surface area contributed by atoms with Crippen LogP contribution >= 0.6 is 0 Å². The molecule has 0 bridgehead atoms. The molecule has 0 spiro atoms. The molecule has 31 heavy (non-hydrogen) atoms. The third-order valence-corrected chi connectivity index (χ3v) is 5.68. The van der Waals surface area contributed by atoms with Gasteiger partial charge in [0, 0.05) is 50.1 Å². The molecule has 2 unspecified atom stereocenters. The maximum absolute atomic E-state index is 14.7. The molecule has 1 saturated heterocycles. The topological polar surface area (TPSA) is 98.4 Å². The first-order valence-corrected chi connectivity index (χ1v) is 10.1. The molecular weight excluding hydrogens is 401 g/mol. The quantitative estimate of drug-likeness (QED) is 0.523. The van der Waals surface area contributed by atoms with E-state index in [0.717, 1.165) is 10.9 Å². The van der Waals surface area contributed by atoms with Gasteiger partial charge < -0.3 is 19.9 Å². The summed E-state index contributed by atoms with van der Waals surface area (Å²) in [5.74, 6) is 0.405. The van der Waals surface area contributed by atoms with Gasteiger partial charge in [-0.05, 0) is 18.6 Å². The fourth-order valence-electron chi connectivity index (χ4n) is 4.12. The average molecular weight is 423 g/mol. The van der Waals surface area contributed by atoms with E-state index in [2.05, 4.69) is 20.7 Å². The highest BCUT2D eigenvalue weighted by Crippen LogP contribution is 2.35. The fourth-order valence-corrected chi connectivity index (χ4v) is 4.12. The second-order valence-electron chi connectivity index (χ2n) is 7.42. The monoisotopic (exact) mass is 423 g/mol. The lowest BCUT2D eigenvalue weighted by Gasteiger charge is -2.27. The lowest BCUT2D eigenvalue weighted by molar-refractivity contribution is 0.00443.